The summed E-state index contributed by atoms with van der Waals surface area (Å²) in [5.41, 5.74) is 6.21. The number of hydrogen-bond donors (Lipinski definition) is 1. The summed E-state index contributed by atoms with van der Waals surface area (Å²) in [6.45, 7) is 10.4. The van der Waals surface area contributed by atoms with Crippen LogP contribution in [0, 0.1) is 11.3 Å². The maximum absolute atomic E-state index is 11.8. The Hall–Kier alpha value is -0.570. The van der Waals surface area contributed by atoms with E-state index in [9.17, 15) is 4.79 Å². The molecular weight excluding hydrogens is 200 g/mol. The zero-order valence-corrected chi connectivity index (χ0v) is 11.1. The van der Waals surface area contributed by atoms with Gasteiger partial charge in [0, 0.05) is 25.6 Å². The molecule has 2 atom stereocenters. The molecule has 1 aliphatic heterocycles. The van der Waals surface area contributed by atoms with Gasteiger partial charge in [-0.2, -0.15) is 0 Å². The maximum Gasteiger partial charge on any atom is 0.222 e. The first-order chi connectivity index (χ1) is 7.34. The van der Waals surface area contributed by atoms with Crippen LogP contribution in [-0.4, -0.2) is 29.9 Å². The molecule has 3 heteroatoms. The van der Waals surface area contributed by atoms with Crippen LogP contribution in [0.5, 0.6) is 0 Å². The highest BCUT2D eigenvalue weighted by Gasteiger charge is 2.36. The minimum Gasteiger partial charge on any atom is -0.341 e. The second-order valence-electron chi connectivity index (χ2n) is 6.11. The lowest BCUT2D eigenvalue weighted by molar-refractivity contribution is -0.128. The molecule has 0 aliphatic carbocycles. The molecule has 0 aromatic heterocycles. The van der Waals surface area contributed by atoms with Gasteiger partial charge in [-0.25, -0.2) is 0 Å². The predicted octanol–water partition coefficient (Wildman–Crippen LogP) is 2.01. The molecule has 0 bridgehead atoms. The Morgan fingerprint density at radius 2 is 2.12 bits per heavy atom. The van der Waals surface area contributed by atoms with Crippen molar-refractivity contribution in [3.05, 3.63) is 0 Å². The molecule has 1 rings (SSSR count). The zero-order chi connectivity index (χ0) is 12.3. The molecule has 1 amide bonds. The minimum absolute atomic E-state index is 0.146. The van der Waals surface area contributed by atoms with Gasteiger partial charge in [0.25, 0.3) is 0 Å². The van der Waals surface area contributed by atoms with Gasteiger partial charge in [-0.05, 0) is 17.8 Å². The molecule has 1 saturated heterocycles. The lowest BCUT2D eigenvalue weighted by Crippen LogP contribution is -2.38. The first-order valence-electron chi connectivity index (χ1n) is 6.38. The van der Waals surface area contributed by atoms with E-state index in [0.717, 1.165) is 25.9 Å². The highest BCUT2D eigenvalue weighted by atomic mass is 16.2. The molecular formula is C13H26N2O. The molecule has 1 fully saturated rings. The van der Waals surface area contributed by atoms with Crippen molar-refractivity contribution in [2.45, 2.75) is 53.0 Å². The quantitative estimate of drug-likeness (QED) is 0.797. The lowest BCUT2D eigenvalue weighted by atomic mass is 9.80. The fourth-order valence-corrected chi connectivity index (χ4v) is 2.27. The number of nitrogens with zero attached hydrogens (tertiary/aromatic N) is 1. The summed E-state index contributed by atoms with van der Waals surface area (Å²) in [7, 11) is 0. The molecule has 0 spiro atoms. The molecule has 2 N–H and O–H groups in total. The van der Waals surface area contributed by atoms with Crippen LogP contribution in [0.2, 0.25) is 0 Å². The molecule has 0 saturated carbocycles. The van der Waals surface area contributed by atoms with E-state index in [2.05, 4.69) is 27.7 Å². The summed E-state index contributed by atoms with van der Waals surface area (Å²) in [5.74, 6) is 0.764. The van der Waals surface area contributed by atoms with Gasteiger partial charge in [0.2, 0.25) is 5.91 Å². The summed E-state index contributed by atoms with van der Waals surface area (Å²) in [6, 6.07) is 0.146. The topological polar surface area (TPSA) is 46.3 Å². The normalized spacial score (nSPS) is 23.9. The Balaban J connectivity index is 2.49. The van der Waals surface area contributed by atoms with Crippen molar-refractivity contribution in [2.24, 2.45) is 17.1 Å². The maximum atomic E-state index is 11.8. The molecule has 2 unspecified atom stereocenters. The van der Waals surface area contributed by atoms with Crippen LogP contribution in [-0.2, 0) is 4.79 Å². The Morgan fingerprint density at radius 1 is 1.50 bits per heavy atom. The van der Waals surface area contributed by atoms with E-state index >= 15 is 0 Å². The molecule has 1 heterocycles. The largest absolute Gasteiger partial charge is 0.341 e. The molecule has 0 radical (unpaired) electrons. The van der Waals surface area contributed by atoms with Crippen LogP contribution in [0.15, 0.2) is 0 Å². The van der Waals surface area contributed by atoms with Gasteiger partial charge >= 0.3 is 0 Å². The SMILES string of the molecule is CCCC(N)CN1CC(C(C)(C)C)CC1=O. The third-order valence-electron chi connectivity index (χ3n) is 3.55. The van der Waals surface area contributed by atoms with Crippen molar-refractivity contribution < 1.29 is 4.79 Å². The summed E-state index contributed by atoms with van der Waals surface area (Å²) in [6.07, 6.45) is 2.79. The Bertz CT molecular complexity index is 245. The third kappa shape index (κ3) is 3.48. The molecule has 3 nitrogen and oxygen atoms in total. The fraction of sp³-hybridized carbons (Fsp3) is 0.923. The summed E-state index contributed by atoms with van der Waals surface area (Å²) in [4.78, 5) is 13.8. The van der Waals surface area contributed by atoms with Gasteiger partial charge in [-0.3, -0.25) is 4.79 Å². The van der Waals surface area contributed by atoms with E-state index in [1.165, 1.54) is 0 Å². The average molecular weight is 226 g/mol. The summed E-state index contributed by atoms with van der Waals surface area (Å²) >= 11 is 0. The van der Waals surface area contributed by atoms with Crippen molar-refractivity contribution in [2.75, 3.05) is 13.1 Å². The van der Waals surface area contributed by atoms with Crippen molar-refractivity contribution >= 4 is 5.91 Å². The number of likely N-dealkylation sites (tertiary alicyclic amines) is 1. The second-order valence-corrected chi connectivity index (χ2v) is 6.11. The van der Waals surface area contributed by atoms with E-state index in [1.807, 2.05) is 4.90 Å². The van der Waals surface area contributed by atoms with Crippen molar-refractivity contribution in [3.8, 4) is 0 Å². The molecule has 94 valence electrons. The number of carbonyl (C=O) groups excluding carboxylic acids is 1. The highest BCUT2D eigenvalue weighted by Crippen LogP contribution is 2.34. The molecule has 0 aromatic carbocycles. The highest BCUT2D eigenvalue weighted by molar-refractivity contribution is 5.78. The van der Waals surface area contributed by atoms with E-state index in [1.54, 1.807) is 0 Å². The van der Waals surface area contributed by atoms with Gasteiger partial charge in [0.05, 0.1) is 0 Å². The third-order valence-corrected chi connectivity index (χ3v) is 3.55. The number of rotatable bonds is 4. The van der Waals surface area contributed by atoms with Crippen LogP contribution in [0.25, 0.3) is 0 Å². The van der Waals surface area contributed by atoms with Gasteiger partial charge in [-0.1, -0.05) is 34.1 Å². The van der Waals surface area contributed by atoms with E-state index < -0.39 is 0 Å². The van der Waals surface area contributed by atoms with Crippen LogP contribution < -0.4 is 5.73 Å². The smallest absolute Gasteiger partial charge is 0.222 e. The van der Waals surface area contributed by atoms with Crippen molar-refractivity contribution in [3.63, 3.8) is 0 Å². The lowest BCUT2D eigenvalue weighted by Gasteiger charge is -2.27. The molecule has 16 heavy (non-hydrogen) atoms. The van der Waals surface area contributed by atoms with Crippen molar-refractivity contribution in [1.82, 2.24) is 4.90 Å². The first kappa shape index (κ1) is 13.5. The Labute approximate surface area is 99.4 Å². The minimum atomic E-state index is 0.146. The van der Waals surface area contributed by atoms with E-state index in [4.69, 9.17) is 5.73 Å². The number of carbonyl (C=O) groups is 1. The Kier molecular flexibility index (Phi) is 4.36. The molecule has 1 aliphatic rings. The summed E-state index contributed by atoms with van der Waals surface area (Å²) < 4.78 is 0. The fourth-order valence-electron chi connectivity index (χ4n) is 2.27. The van der Waals surface area contributed by atoms with Crippen LogP contribution in [0.1, 0.15) is 47.0 Å². The van der Waals surface area contributed by atoms with Crippen LogP contribution >= 0.6 is 0 Å². The number of hydrogen-bond acceptors (Lipinski definition) is 2. The van der Waals surface area contributed by atoms with E-state index in [0.29, 0.717) is 12.3 Å². The average Bonchev–Trinajstić information content (AvgIpc) is 2.47. The standard InChI is InChI=1S/C13H26N2O/c1-5-6-11(14)9-15-8-10(7-12(15)16)13(2,3)4/h10-11H,5-9,14H2,1-4H3. The van der Waals surface area contributed by atoms with Gasteiger partial charge in [-0.15, -0.1) is 0 Å². The molecule has 0 aromatic rings. The van der Waals surface area contributed by atoms with Crippen LogP contribution in [0.4, 0.5) is 0 Å². The van der Waals surface area contributed by atoms with E-state index in [-0.39, 0.29) is 17.4 Å². The van der Waals surface area contributed by atoms with Crippen molar-refractivity contribution in [1.29, 1.82) is 0 Å². The first-order valence-corrected chi connectivity index (χ1v) is 6.38. The van der Waals surface area contributed by atoms with Gasteiger partial charge < -0.3 is 10.6 Å². The van der Waals surface area contributed by atoms with Gasteiger partial charge in [0.15, 0.2) is 0 Å². The Morgan fingerprint density at radius 3 is 2.56 bits per heavy atom. The predicted molar refractivity (Wildman–Crippen MR) is 67.0 cm³/mol. The van der Waals surface area contributed by atoms with Gasteiger partial charge in [0.1, 0.15) is 0 Å². The number of amides is 1. The second kappa shape index (κ2) is 5.17. The van der Waals surface area contributed by atoms with Crippen LogP contribution in [0.3, 0.4) is 0 Å². The zero-order valence-electron chi connectivity index (χ0n) is 11.1. The number of nitrogens with two attached hydrogens (primary N) is 1. The monoisotopic (exact) mass is 226 g/mol. The summed E-state index contributed by atoms with van der Waals surface area (Å²) in [5, 5.41) is 0.